The Kier molecular flexibility index (Phi) is 4.49. The highest BCUT2D eigenvalue weighted by Gasteiger charge is 2.29. The summed E-state index contributed by atoms with van der Waals surface area (Å²) in [6.07, 6.45) is 2.59. The molecule has 2 aromatic heterocycles. The number of aromatic carboxylic acids is 1. The predicted molar refractivity (Wildman–Crippen MR) is 101 cm³/mol. The van der Waals surface area contributed by atoms with Crippen molar-refractivity contribution >= 4 is 28.5 Å². The van der Waals surface area contributed by atoms with Crippen LogP contribution in [0.15, 0.2) is 24.4 Å². The van der Waals surface area contributed by atoms with E-state index in [1.165, 1.54) is 24.4 Å². The molecule has 0 radical (unpaired) electrons. The van der Waals surface area contributed by atoms with Gasteiger partial charge in [-0.05, 0) is 25.8 Å². The van der Waals surface area contributed by atoms with Crippen LogP contribution in [0.5, 0.6) is 0 Å². The molecule has 3 aromatic rings. The number of non-ortho nitro benzene ring substituents is 1. The van der Waals surface area contributed by atoms with Crippen molar-refractivity contribution in [3.63, 3.8) is 0 Å². The molecule has 0 unspecified atom stereocenters. The molecule has 29 heavy (non-hydrogen) atoms. The Balaban J connectivity index is 1.51. The lowest BCUT2D eigenvalue weighted by molar-refractivity contribution is -0.384. The van der Waals surface area contributed by atoms with Crippen molar-refractivity contribution in [2.45, 2.75) is 25.8 Å². The van der Waals surface area contributed by atoms with Gasteiger partial charge in [0.15, 0.2) is 5.69 Å². The number of nitro groups is 1. The highest BCUT2D eigenvalue weighted by Crippen LogP contribution is 2.27. The summed E-state index contributed by atoms with van der Waals surface area (Å²) < 4.78 is 1.71. The maximum atomic E-state index is 12.9. The van der Waals surface area contributed by atoms with Crippen molar-refractivity contribution in [1.29, 1.82) is 0 Å². The number of aromatic amines is 1. The largest absolute Gasteiger partial charge is 0.478 e. The molecule has 1 aromatic carbocycles. The summed E-state index contributed by atoms with van der Waals surface area (Å²) >= 11 is 0. The molecule has 0 saturated carbocycles. The number of carboxylic acid groups (broad SMARTS) is 1. The van der Waals surface area contributed by atoms with E-state index >= 15 is 0 Å². The number of hydrogen-bond donors (Lipinski definition) is 2. The number of carboxylic acids is 1. The fourth-order valence-corrected chi connectivity index (χ4v) is 3.74. The number of carbonyl (C=O) groups is 2. The van der Waals surface area contributed by atoms with Gasteiger partial charge in [-0.15, -0.1) is 0 Å². The van der Waals surface area contributed by atoms with Gasteiger partial charge in [-0.2, -0.15) is 10.2 Å². The third-order valence-corrected chi connectivity index (χ3v) is 5.33. The average Bonchev–Trinajstić information content (AvgIpc) is 3.30. The smallest absolute Gasteiger partial charge is 0.339 e. The van der Waals surface area contributed by atoms with Crippen LogP contribution in [-0.4, -0.2) is 59.9 Å². The van der Waals surface area contributed by atoms with E-state index in [1.54, 1.807) is 16.5 Å². The highest BCUT2D eigenvalue weighted by atomic mass is 16.6. The van der Waals surface area contributed by atoms with Crippen molar-refractivity contribution in [3.8, 4) is 0 Å². The fraction of sp³-hybridized carbons (Fsp3) is 0.333. The number of rotatable bonds is 4. The number of hydrogen-bond acceptors (Lipinski definition) is 6. The van der Waals surface area contributed by atoms with Gasteiger partial charge in [0.1, 0.15) is 5.56 Å². The Hall–Kier alpha value is -3.76. The van der Waals surface area contributed by atoms with E-state index < -0.39 is 10.9 Å². The van der Waals surface area contributed by atoms with E-state index in [4.69, 9.17) is 0 Å². The van der Waals surface area contributed by atoms with Gasteiger partial charge in [0.25, 0.3) is 11.6 Å². The minimum Gasteiger partial charge on any atom is -0.478 e. The molecule has 1 fully saturated rings. The molecule has 0 bridgehead atoms. The second-order valence-electron chi connectivity index (χ2n) is 6.98. The summed E-state index contributed by atoms with van der Waals surface area (Å²) in [5.74, 6) is -1.31. The number of H-pyrrole nitrogens is 1. The van der Waals surface area contributed by atoms with Gasteiger partial charge in [-0.3, -0.25) is 24.7 Å². The second kappa shape index (κ2) is 7.00. The molecule has 1 saturated heterocycles. The maximum absolute atomic E-state index is 12.9. The van der Waals surface area contributed by atoms with Crippen molar-refractivity contribution in [3.05, 3.63) is 51.5 Å². The van der Waals surface area contributed by atoms with Crippen molar-refractivity contribution < 1.29 is 19.6 Å². The van der Waals surface area contributed by atoms with Gasteiger partial charge in [-0.1, -0.05) is 0 Å². The molecule has 0 aliphatic carbocycles. The number of nitrogens with one attached hydrogen (secondary N) is 1. The minimum atomic E-state index is -1.01. The number of likely N-dealkylation sites (tertiary alicyclic amines) is 1. The highest BCUT2D eigenvalue weighted by molar-refractivity contribution is 6.05. The zero-order chi connectivity index (χ0) is 20.7. The zero-order valence-corrected chi connectivity index (χ0v) is 15.5. The summed E-state index contributed by atoms with van der Waals surface area (Å²) in [5, 5.41) is 31.6. The molecular weight excluding hydrogens is 380 g/mol. The molecule has 11 nitrogen and oxygen atoms in total. The van der Waals surface area contributed by atoms with Gasteiger partial charge < -0.3 is 10.0 Å². The molecule has 2 N–H and O–H groups in total. The summed E-state index contributed by atoms with van der Waals surface area (Å²) in [7, 11) is 0. The Morgan fingerprint density at radius 3 is 2.66 bits per heavy atom. The first-order valence-corrected chi connectivity index (χ1v) is 9.06. The van der Waals surface area contributed by atoms with E-state index in [0.717, 1.165) is 0 Å². The van der Waals surface area contributed by atoms with Crippen LogP contribution in [0.1, 0.15) is 45.4 Å². The van der Waals surface area contributed by atoms with Crippen LogP contribution in [0.3, 0.4) is 0 Å². The van der Waals surface area contributed by atoms with E-state index in [9.17, 15) is 24.8 Å². The monoisotopic (exact) mass is 398 g/mol. The van der Waals surface area contributed by atoms with Crippen LogP contribution in [0.4, 0.5) is 5.69 Å². The topological polar surface area (TPSA) is 147 Å². The van der Waals surface area contributed by atoms with Gasteiger partial charge in [0.2, 0.25) is 0 Å². The molecule has 3 heterocycles. The summed E-state index contributed by atoms with van der Waals surface area (Å²) in [6.45, 7) is 2.62. The summed E-state index contributed by atoms with van der Waals surface area (Å²) in [4.78, 5) is 36.3. The van der Waals surface area contributed by atoms with Crippen LogP contribution in [0.2, 0.25) is 0 Å². The number of nitrogens with zero attached hydrogens (tertiary/aromatic N) is 5. The molecule has 1 aliphatic rings. The number of benzene rings is 1. The summed E-state index contributed by atoms with van der Waals surface area (Å²) in [6, 6.07) is 4.24. The zero-order valence-electron chi connectivity index (χ0n) is 15.5. The fourth-order valence-electron chi connectivity index (χ4n) is 3.74. The maximum Gasteiger partial charge on any atom is 0.339 e. The molecule has 11 heteroatoms. The molecular formula is C18H18N6O5. The first-order chi connectivity index (χ1) is 13.9. The molecule has 1 aliphatic heterocycles. The first kappa shape index (κ1) is 18.6. The third kappa shape index (κ3) is 3.20. The Morgan fingerprint density at radius 1 is 1.31 bits per heavy atom. The van der Waals surface area contributed by atoms with Crippen LogP contribution >= 0.6 is 0 Å². The molecule has 0 spiro atoms. The van der Waals surface area contributed by atoms with Crippen LogP contribution in [0, 0.1) is 17.0 Å². The third-order valence-electron chi connectivity index (χ3n) is 5.33. The standard InChI is InChI=1S/C18H18N6O5/c1-10-14(18(26)27)9-19-23(10)11-4-6-22(7-5-11)17(25)16-13-8-12(24(28)29)2-3-15(13)20-21-16/h2-3,8-9,11H,4-7H2,1H3,(H,20,21)(H,26,27). The molecule has 4 rings (SSSR count). The van der Waals surface area contributed by atoms with Crippen molar-refractivity contribution in [2.24, 2.45) is 0 Å². The SMILES string of the molecule is Cc1c(C(=O)O)cnn1C1CCN(C(=O)c2n[nH]c3ccc([N+](=O)[O-])cc23)CC1. The summed E-state index contributed by atoms with van der Waals surface area (Å²) in [5.41, 5.74) is 1.38. The van der Waals surface area contributed by atoms with Crippen molar-refractivity contribution in [1.82, 2.24) is 24.9 Å². The van der Waals surface area contributed by atoms with Crippen LogP contribution < -0.4 is 0 Å². The Labute approximate surface area is 164 Å². The number of aromatic nitrogens is 4. The van der Waals surface area contributed by atoms with Gasteiger partial charge in [-0.25, -0.2) is 4.79 Å². The second-order valence-corrected chi connectivity index (χ2v) is 6.98. The van der Waals surface area contributed by atoms with E-state index in [1.807, 2.05) is 0 Å². The minimum absolute atomic E-state index is 0.00386. The van der Waals surface area contributed by atoms with Gasteiger partial charge in [0, 0.05) is 30.6 Å². The Bertz CT molecular complexity index is 1130. The lowest BCUT2D eigenvalue weighted by Crippen LogP contribution is -2.39. The quantitative estimate of drug-likeness (QED) is 0.505. The van der Waals surface area contributed by atoms with Gasteiger partial charge in [0.05, 0.1) is 28.4 Å². The average molecular weight is 398 g/mol. The normalized spacial score (nSPS) is 15.0. The van der Waals surface area contributed by atoms with E-state index in [-0.39, 0.29) is 28.9 Å². The van der Waals surface area contributed by atoms with E-state index in [0.29, 0.717) is 42.5 Å². The molecule has 150 valence electrons. The van der Waals surface area contributed by atoms with E-state index in [2.05, 4.69) is 15.3 Å². The molecule has 1 amide bonds. The number of amides is 1. The number of carbonyl (C=O) groups excluding carboxylic acids is 1. The van der Waals surface area contributed by atoms with Gasteiger partial charge >= 0.3 is 5.97 Å². The Morgan fingerprint density at radius 2 is 2.03 bits per heavy atom. The number of fused-ring (bicyclic) bond motifs is 1. The number of piperidine rings is 1. The lowest BCUT2D eigenvalue weighted by atomic mass is 10.0. The predicted octanol–water partition coefficient (Wildman–Crippen LogP) is 2.15. The molecule has 0 atom stereocenters. The van der Waals surface area contributed by atoms with Crippen LogP contribution in [0.25, 0.3) is 10.9 Å². The van der Waals surface area contributed by atoms with Crippen LogP contribution in [-0.2, 0) is 0 Å². The lowest BCUT2D eigenvalue weighted by Gasteiger charge is -2.32. The van der Waals surface area contributed by atoms with Crippen molar-refractivity contribution in [2.75, 3.05) is 13.1 Å². The first-order valence-electron chi connectivity index (χ1n) is 9.06. The number of nitro benzene ring substituents is 1.